The van der Waals surface area contributed by atoms with Crippen LogP contribution in [0.5, 0.6) is 0 Å². The number of amides is 1. The normalized spacial score (nSPS) is 12.3. The number of unbranched alkanes of at least 4 members (excludes halogenated alkanes) is 18. The molecule has 0 aromatic carbocycles. The third-order valence-corrected chi connectivity index (χ3v) is 8.69. The number of nitrogens with zero attached hydrogens (tertiary/aromatic N) is 1. The molecule has 0 aromatic heterocycles. The van der Waals surface area contributed by atoms with E-state index in [0.29, 0.717) is 33.0 Å². The molecule has 0 saturated heterocycles. The maximum atomic E-state index is 12.3. The van der Waals surface area contributed by atoms with Crippen LogP contribution in [0.3, 0.4) is 0 Å². The summed E-state index contributed by atoms with van der Waals surface area (Å²) < 4.78 is 17.5. The summed E-state index contributed by atoms with van der Waals surface area (Å²) in [6.07, 6.45) is 47.3. The Hall–Kier alpha value is -1.89. The van der Waals surface area contributed by atoms with Crippen molar-refractivity contribution in [2.75, 3.05) is 53.6 Å². The summed E-state index contributed by atoms with van der Waals surface area (Å²) in [4.78, 5) is 14.4. The first-order chi connectivity index (χ1) is 24.6. The van der Waals surface area contributed by atoms with Crippen molar-refractivity contribution in [3.8, 4) is 0 Å². The van der Waals surface area contributed by atoms with Crippen molar-refractivity contribution < 1.29 is 19.0 Å². The van der Waals surface area contributed by atoms with Crippen molar-refractivity contribution in [1.29, 1.82) is 0 Å². The van der Waals surface area contributed by atoms with Gasteiger partial charge in [0.05, 0.1) is 13.2 Å². The Bertz CT molecular complexity index is 756. The third kappa shape index (κ3) is 40.5. The number of allylic oxidation sites excluding steroid dienone is 8. The monoisotopic (exact) mass is 703 g/mol. The van der Waals surface area contributed by atoms with Crippen LogP contribution in [0.4, 0.5) is 4.79 Å². The van der Waals surface area contributed by atoms with Crippen LogP contribution in [0.25, 0.3) is 0 Å². The maximum Gasteiger partial charge on any atom is 0.407 e. The van der Waals surface area contributed by atoms with E-state index in [1.807, 2.05) is 19.0 Å². The van der Waals surface area contributed by atoms with Crippen molar-refractivity contribution in [2.24, 2.45) is 0 Å². The second kappa shape index (κ2) is 41.5. The van der Waals surface area contributed by atoms with E-state index < -0.39 is 6.09 Å². The number of hydrogen-bond donors (Lipinski definition) is 1. The highest BCUT2D eigenvalue weighted by Crippen LogP contribution is 2.10. The summed E-state index contributed by atoms with van der Waals surface area (Å²) in [6.45, 7) is 7.99. The van der Waals surface area contributed by atoms with Crippen LogP contribution in [-0.2, 0) is 14.2 Å². The molecule has 0 aliphatic rings. The van der Waals surface area contributed by atoms with Gasteiger partial charge in [-0.15, -0.1) is 0 Å². The standard InChI is InChI=1S/C44H82N2O4/c1-5-7-9-11-13-15-17-19-21-23-25-27-29-31-33-35-39-48-41-43(50-44(47)45-37-38-46(3)4)42-49-40-36-34-32-30-28-26-24-22-20-18-16-14-12-10-8-6-2/h13-16,19-22,43H,5-12,17-18,23-42H2,1-4H3,(H,45,47)/b15-13-,16-14-,21-19-,22-20-. The van der Waals surface area contributed by atoms with Gasteiger partial charge in [-0.25, -0.2) is 4.79 Å². The Morgan fingerprint density at radius 2 is 0.920 bits per heavy atom. The van der Waals surface area contributed by atoms with Gasteiger partial charge in [0.25, 0.3) is 0 Å². The van der Waals surface area contributed by atoms with Gasteiger partial charge in [-0.1, -0.05) is 140 Å². The highest BCUT2D eigenvalue weighted by molar-refractivity contribution is 5.67. The molecule has 292 valence electrons. The summed E-state index contributed by atoms with van der Waals surface area (Å²) in [6, 6.07) is 0. The number of hydrogen-bond acceptors (Lipinski definition) is 5. The fraction of sp³-hybridized carbons (Fsp3) is 0.795. The molecular formula is C44H82N2O4. The van der Waals surface area contributed by atoms with Gasteiger partial charge in [-0.05, 0) is 91.1 Å². The van der Waals surface area contributed by atoms with Crippen molar-refractivity contribution >= 4 is 6.09 Å². The lowest BCUT2D eigenvalue weighted by molar-refractivity contribution is -0.0292. The van der Waals surface area contributed by atoms with Crippen LogP contribution >= 0.6 is 0 Å². The SMILES string of the molecule is CCCCC/C=C\C/C=C\CCCCCCCCOCC(COCCCCCCCC/C=C\C/C=C\CCCCC)OC(=O)NCCN(C)C. The van der Waals surface area contributed by atoms with Crippen LogP contribution in [0.15, 0.2) is 48.6 Å². The molecule has 0 atom stereocenters. The number of rotatable bonds is 38. The van der Waals surface area contributed by atoms with Gasteiger partial charge in [-0.3, -0.25) is 0 Å². The van der Waals surface area contributed by atoms with Crippen LogP contribution in [0.2, 0.25) is 0 Å². The van der Waals surface area contributed by atoms with E-state index in [-0.39, 0.29) is 6.10 Å². The van der Waals surface area contributed by atoms with Crippen LogP contribution in [-0.4, -0.2) is 70.7 Å². The lowest BCUT2D eigenvalue weighted by Crippen LogP contribution is -2.37. The second-order valence-corrected chi connectivity index (χ2v) is 14.1. The largest absolute Gasteiger partial charge is 0.441 e. The van der Waals surface area contributed by atoms with E-state index in [0.717, 1.165) is 32.2 Å². The minimum absolute atomic E-state index is 0.380. The van der Waals surface area contributed by atoms with Crippen LogP contribution < -0.4 is 5.32 Å². The first kappa shape index (κ1) is 48.1. The zero-order valence-corrected chi connectivity index (χ0v) is 33.5. The number of ether oxygens (including phenoxy) is 3. The average molecular weight is 703 g/mol. The van der Waals surface area contributed by atoms with Crippen LogP contribution in [0.1, 0.15) is 168 Å². The Morgan fingerprint density at radius 3 is 1.32 bits per heavy atom. The van der Waals surface area contributed by atoms with Crippen molar-refractivity contribution in [1.82, 2.24) is 10.2 Å². The summed E-state index contributed by atoms with van der Waals surface area (Å²) in [7, 11) is 3.97. The Morgan fingerprint density at radius 1 is 0.540 bits per heavy atom. The van der Waals surface area contributed by atoms with Crippen molar-refractivity contribution in [3.05, 3.63) is 48.6 Å². The lowest BCUT2D eigenvalue weighted by Gasteiger charge is -2.19. The zero-order chi connectivity index (χ0) is 36.4. The molecule has 0 aliphatic carbocycles. The summed E-state index contributed by atoms with van der Waals surface area (Å²) in [5, 5.41) is 2.84. The molecule has 6 nitrogen and oxygen atoms in total. The van der Waals surface area contributed by atoms with E-state index in [1.165, 1.54) is 128 Å². The first-order valence-corrected chi connectivity index (χ1v) is 20.9. The molecule has 0 rings (SSSR count). The molecule has 0 aliphatic heterocycles. The number of carbonyl (C=O) groups is 1. The van der Waals surface area contributed by atoms with E-state index in [1.54, 1.807) is 0 Å². The second-order valence-electron chi connectivity index (χ2n) is 14.1. The Balaban J connectivity index is 3.95. The molecule has 1 amide bonds. The van der Waals surface area contributed by atoms with Gasteiger partial charge in [0.15, 0.2) is 6.10 Å². The Labute approximate surface area is 310 Å². The predicted octanol–water partition coefficient (Wildman–Crippen LogP) is 12.3. The van der Waals surface area contributed by atoms with E-state index in [9.17, 15) is 4.79 Å². The van der Waals surface area contributed by atoms with Gasteiger partial charge < -0.3 is 24.4 Å². The third-order valence-electron chi connectivity index (χ3n) is 8.69. The van der Waals surface area contributed by atoms with E-state index in [2.05, 4.69) is 67.8 Å². The molecule has 0 aromatic rings. The van der Waals surface area contributed by atoms with Gasteiger partial charge >= 0.3 is 6.09 Å². The number of nitrogens with one attached hydrogen (secondary N) is 1. The molecule has 0 spiro atoms. The molecule has 0 unspecified atom stereocenters. The fourth-order valence-electron chi connectivity index (χ4n) is 5.50. The average Bonchev–Trinajstić information content (AvgIpc) is 3.10. The summed E-state index contributed by atoms with van der Waals surface area (Å²) >= 11 is 0. The maximum absolute atomic E-state index is 12.3. The topological polar surface area (TPSA) is 60.0 Å². The quantitative estimate of drug-likeness (QED) is 0.0513. The number of likely N-dealkylation sites (N-methyl/N-ethyl adjacent to an activating group) is 1. The fourth-order valence-corrected chi connectivity index (χ4v) is 5.50. The summed E-state index contributed by atoms with van der Waals surface area (Å²) in [5.41, 5.74) is 0. The van der Waals surface area contributed by atoms with Gasteiger partial charge in [0, 0.05) is 26.3 Å². The zero-order valence-electron chi connectivity index (χ0n) is 33.5. The molecule has 50 heavy (non-hydrogen) atoms. The van der Waals surface area contributed by atoms with Crippen molar-refractivity contribution in [2.45, 2.75) is 174 Å². The molecule has 0 fully saturated rings. The highest BCUT2D eigenvalue weighted by atomic mass is 16.6. The predicted molar refractivity (Wildman–Crippen MR) is 217 cm³/mol. The highest BCUT2D eigenvalue weighted by Gasteiger charge is 2.15. The van der Waals surface area contributed by atoms with Crippen molar-refractivity contribution in [3.63, 3.8) is 0 Å². The molecule has 6 heteroatoms. The number of alkyl carbamates (subject to hydrolysis) is 1. The number of carbonyl (C=O) groups excluding carboxylic acids is 1. The van der Waals surface area contributed by atoms with Crippen LogP contribution in [0, 0.1) is 0 Å². The summed E-state index contributed by atoms with van der Waals surface area (Å²) in [5.74, 6) is 0. The molecular weight excluding hydrogens is 620 g/mol. The van der Waals surface area contributed by atoms with E-state index >= 15 is 0 Å². The minimum atomic E-state index is -0.397. The molecule has 0 heterocycles. The Kier molecular flexibility index (Phi) is 40.0. The van der Waals surface area contributed by atoms with Gasteiger partial charge in [0.2, 0.25) is 0 Å². The lowest BCUT2D eigenvalue weighted by atomic mass is 10.1. The minimum Gasteiger partial charge on any atom is -0.441 e. The van der Waals surface area contributed by atoms with Gasteiger partial charge in [-0.2, -0.15) is 0 Å². The molecule has 0 radical (unpaired) electrons. The molecule has 0 bridgehead atoms. The first-order valence-electron chi connectivity index (χ1n) is 20.9. The van der Waals surface area contributed by atoms with E-state index in [4.69, 9.17) is 14.2 Å². The van der Waals surface area contributed by atoms with Gasteiger partial charge in [0.1, 0.15) is 0 Å². The molecule has 0 saturated carbocycles. The smallest absolute Gasteiger partial charge is 0.407 e. The molecule has 1 N–H and O–H groups in total.